The molecule has 1 aromatic carbocycles. The van der Waals surface area contributed by atoms with Crippen molar-refractivity contribution in [3.8, 4) is 17.4 Å². The number of aromatic nitrogens is 4. The Bertz CT molecular complexity index is 1380. The molecule has 43 heavy (non-hydrogen) atoms. The Balaban J connectivity index is 1.28. The van der Waals surface area contributed by atoms with Gasteiger partial charge in [0.15, 0.2) is 11.5 Å². The van der Waals surface area contributed by atoms with Crippen LogP contribution in [0.4, 0.5) is 10.6 Å². The van der Waals surface area contributed by atoms with E-state index in [1.165, 1.54) is 6.42 Å². The summed E-state index contributed by atoms with van der Waals surface area (Å²) in [6.45, 7) is 3.92. The molecule has 0 radical (unpaired) electrons. The van der Waals surface area contributed by atoms with Crippen LogP contribution in [0.15, 0.2) is 43.0 Å². The molecule has 0 bridgehead atoms. The first-order chi connectivity index (χ1) is 20.9. The number of urea groups is 1. The molecule has 12 heteroatoms. The van der Waals surface area contributed by atoms with Crippen molar-refractivity contribution < 1.29 is 19.1 Å². The zero-order chi connectivity index (χ0) is 30.2. The van der Waals surface area contributed by atoms with Crippen LogP contribution in [0, 0.1) is 6.92 Å². The van der Waals surface area contributed by atoms with E-state index in [9.17, 15) is 9.59 Å². The van der Waals surface area contributed by atoms with Crippen LogP contribution in [0.5, 0.6) is 11.5 Å². The number of nitrogens with zero attached hydrogens (tertiary/aromatic N) is 6. The summed E-state index contributed by atoms with van der Waals surface area (Å²) >= 11 is 0. The van der Waals surface area contributed by atoms with Gasteiger partial charge in [0.05, 0.1) is 20.3 Å². The summed E-state index contributed by atoms with van der Waals surface area (Å²) < 4.78 is 12.5. The molecule has 12 nitrogen and oxygen atoms in total. The predicted molar refractivity (Wildman–Crippen MR) is 163 cm³/mol. The van der Waals surface area contributed by atoms with Crippen LogP contribution in [0.3, 0.4) is 0 Å². The maximum Gasteiger partial charge on any atom is 0.317 e. The van der Waals surface area contributed by atoms with Gasteiger partial charge in [-0.1, -0.05) is 25.3 Å². The Kier molecular flexibility index (Phi) is 9.96. The van der Waals surface area contributed by atoms with E-state index in [1.807, 2.05) is 36.1 Å². The third kappa shape index (κ3) is 7.74. The van der Waals surface area contributed by atoms with Crippen molar-refractivity contribution in [2.45, 2.75) is 64.0 Å². The largest absolute Gasteiger partial charge is 0.493 e. The molecule has 1 unspecified atom stereocenters. The molecule has 1 saturated carbocycles. The normalized spacial score (nSPS) is 17.4. The highest BCUT2D eigenvalue weighted by atomic mass is 16.5. The number of aryl methyl sites for hydroxylation is 1. The number of hydrogen-bond donors (Lipinski definition) is 2. The number of hydrogen-bond acceptors (Lipinski definition) is 8. The third-order valence-electron chi connectivity index (χ3n) is 8.17. The molecule has 2 aliphatic rings. The summed E-state index contributed by atoms with van der Waals surface area (Å²) in [7, 11) is 3.21. The first-order valence-electron chi connectivity index (χ1n) is 15.1. The number of benzene rings is 1. The minimum Gasteiger partial charge on any atom is -0.493 e. The summed E-state index contributed by atoms with van der Waals surface area (Å²) in [4.78, 5) is 44.0. The van der Waals surface area contributed by atoms with E-state index < -0.39 is 0 Å². The number of rotatable bonds is 10. The van der Waals surface area contributed by atoms with E-state index in [4.69, 9.17) is 14.5 Å². The molecule has 3 aromatic rings. The van der Waals surface area contributed by atoms with Crippen LogP contribution in [-0.4, -0.2) is 88.8 Å². The molecule has 3 heterocycles. The molecule has 3 amide bonds. The van der Waals surface area contributed by atoms with Crippen LogP contribution in [0.25, 0.3) is 5.95 Å². The van der Waals surface area contributed by atoms with Gasteiger partial charge in [0.2, 0.25) is 11.9 Å². The fraction of sp³-hybridized carbons (Fsp3) is 0.516. The Morgan fingerprint density at radius 1 is 1.02 bits per heavy atom. The number of piperazine rings is 1. The number of anilines is 1. The molecule has 2 N–H and O–H groups in total. The molecule has 1 aliphatic heterocycles. The van der Waals surface area contributed by atoms with E-state index in [2.05, 4.69) is 25.5 Å². The number of methoxy groups -OCH3 is 2. The van der Waals surface area contributed by atoms with Gasteiger partial charge < -0.3 is 29.9 Å². The van der Waals surface area contributed by atoms with E-state index in [0.717, 1.165) is 42.8 Å². The van der Waals surface area contributed by atoms with Crippen LogP contribution in [0.2, 0.25) is 0 Å². The monoisotopic (exact) mass is 590 g/mol. The third-order valence-corrected chi connectivity index (χ3v) is 8.17. The Morgan fingerprint density at radius 3 is 2.58 bits per heavy atom. The molecule has 5 rings (SSSR count). The predicted octanol–water partition coefficient (Wildman–Crippen LogP) is 3.27. The number of carbonyl (C=O) groups excluding carboxylic acids is 2. The second kappa shape index (κ2) is 14.2. The number of amides is 3. The van der Waals surface area contributed by atoms with Crippen LogP contribution < -0.4 is 25.0 Å². The molecule has 1 atom stereocenters. The Hall–Kier alpha value is -4.35. The second-order valence-electron chi connectivity index (χ2n) is 11.2. The van der Waals surface area contributed by atoms with Gasteiger partial charge in [-0.2, -0.15) is 4.98 Å². The Labute approximate surface area is 252 Å². The van der Waals surface area contributed by atoms with Gasteiger partial charge in [-0.3, -0.25) is 9.36 Å². The SMILES string of the molecule is COc1ccc(CCNC(=O)CC2CN(C(=O)NC3CCCCC3)CCN2c2cc(C)nc(-n3ccnc3)n2)cc1OC. The van der Waals surface area contributed by atoms with E-state index in [1.54, 1.807) is 37.5 Å². The zero-order valence-corrected chi connectivity index (χ0v) is 25.3. The zero-order valence-electron chi connectivity index (χ0n) is 25.3. The van der Waals surface area contributed by atoms with Crippen molar-refractivity contribution in [3.63, 3.8) is 0 Å². The first kappa shape index (κ1) is 30.1. The van der Waals surface area contributed by atoms with Crippen LogP contribution in [-0.2, 0) is 11.2 Å². The lowest BCUT2D eigenvalue weighted by Gasteiger charge is -2.42. The van der Waals surface area contributed by atoms with Gasteiger partial charge in [0, 0.05) is 62.8 Å². The second-order valence-corrected chi connectivity index (χ2v) is 11.2. The maximum absolute atomic E-state index is 13.3. The summed E-state index contributed by atoms with van der Waals surface area (Å²) in [5.74, 6) is 2.49. The molecule has 2 aromatic heterocycles. The number of ether oxygens (including phenoxy) is 2. The summed E-state index contributed by atoms with van der Waals surface area (Å²) in [6, 6.07) is 7.60. The fourth-order valence-electron chi connectivity index (χ4n) is 5.87. The lowest BCUT2D eigenvalue weighted by Crippen LogP contribution is -2.59. The topological polar surface area (TPSA) is 127 Å². The molecule has 2 fully saturated rings. The minimum absolute atomic E-state index is 0.0524. The van der Waals surface area contributed by atoms with Gasteiger partial charge in [-0.05, 0) is 43.9 Å². The average molecular weight is 591 g/mol. The van der Waals surface area contributed by atoms with E-state index in [-0.39, 0.29) is 30.4 Å². The Morgan fingerprint density at radius 2 is 1.84 bits per heavy atom. The molecular weight excluding hydrogens is 548 g/mol. The van der Waals surface area contributed by atoms with Crippen molar-refractivity contribution in [1.82, 2.24) is 35.1 Å². The van der Waals surface area contributed by atoms with Crippen molar-refractivity contribution >= 4 is 17.8 Å². The lowest BCUT2D eigenvalue weighted by molar-refractivity contribution is -0.121. The summed E-state index contributed by atoms with van der Waals surface area (Å²) in [5.41, 5.74) is 1.84. The average Bonchev–Trinajstić information content (AvgIpc) is 3.56. The number of nitrogens with one attached hydrogen (secondary N) is 2. The van der Waals surface area contributed by atoms with Gasteiger partial charge in [0.25, 0.3) is 0 Å². The van der Waals surface area contributed by atoms with Crippen molar-refractivity contribution in [3.05, 3.63) is 54.2 Å². The lowest BCUT2D eigenvalue weighted by atomic mass is 9.96. The highest BCUT2D eigenvalue weighted by Crippen LogP contribution is 2.28. The van der Waals surface area contributed by atoms with Crippen LogP contribution >= 0.6 is 0 Å². The molecule has 1 saturated heterocycles. The summed E-state index contributed by atoms with van der Waals surface area (Å²) in [6.07, 6.45) is 11.6. The smallest absolute Gasteiger partial charge is 0.317 e. The highest BCUT2D eigenvalue weighted by molar-refractivity contribution is 5.78. The minimum atomic E-state index is -0.253. The first-order valence-corrected chi connectivity index (χ1v) is 15.1. The molecule has 1 aliphatic carbocycles. The van der Waals surface area contributed by atoms with Gasteiger partial charge >= 0.3 is 6.03 Å². The summed E-state index contributed by atoms with van der Waals surface area (Å²) in [5, 5.41) is 6.31. The van der Waals surface area contributed by atoms with Gasteiger partial charge in [-0.15, -0.1) is 0 Å². The molecular formula is C31H42N8O4. The van der Waals surface area contributed by atoms with Crippen molar-refractivity contribution in [2.75, 3.05) is 45.3 Å². The van der Waals surface area contributed by atoms with Crippen molar-refractivity contribution in [1.29, 1.82) is 0 Å². The van der Waals surface area contributed by atoms with Gasteiger partial charge in [-0.25, -0.2) is 14.8 Å². The fourth-order valence-corrected chi connectivity index (χ4v) is 5.87. The van der Waals surface area contributed by atoms with Crippen molar-refractivity contribution in [2.24, 2.45) is 0 Å². The van der Waals surface area contributed by atoms with Gasteiger partial charge in [0.1, 0.15) is 12.1 Å². The van der Waals surface area contributed by atoms with E-state index in [0.29, 0.717) is 50.0 Å². The van der Waals surface area contributed by atoms with Crippen LogP contribution in [0.1, 0.15) is 49.8 Å². The number of imidazole rings is 1. The standard InChI is InChI=1S/C31H42N8O4/c1-22-17-28(36-30(34-22)38-14-13-32-21-38)39-16-15-37(31(41)35-24-7-5-4-6-8-24)20-25(39)19-29(40)33-12-11-23-9-10-26(42-2)27(18-23)43-3/h9-10,13-14,17-18,21,24-25H,4-8,11-12,15-16,19-20H2,1-3H3,(H,33,40)(H,35,41). The maximum atomic E-state index is 13.3. The highest BCUT2D eigenvalue weighted by Gasteiger charge is 2.33. The quantitative estimate of drug-likeness (QED) is 0.369. The van der Waals surface area contributed by atoms with E-state index >= 15 is 0 Å². The molecule has 0 spiro atoms. The number of carbonyl (C=O) groups is 2. The molecule has 230 valence electrons.